The van der Waals surface area contributed by atoms with Gasteiger partial charge >= 0.3 is 5.97 Å². The van der Waals surface area contributed by atoms with E-state index in [9.17, 15) is 4.79 Å². The summed E-state index contributed by atoms with van der Waals surface area (Å²) in [6, 6.07) is 8.69. The number of pyridine rings is 1. The summed E-state index contributed by atoms with van der Waals surface area (Å²) >= 11 is 6.27. The Bertz CT molecular complexity index is 824. The molecule has 2 heterocycles. The number of rotatable bonds is 2. The van der Waals surface area contributed by atoms with Gasteiger partial charge in [-0.15, -0.1) is 0 Å². The minimum atomic E-state index is -0.972. The molecule has 0 aliphatic heterocycles. The first kappa shape index (κ1) is 12.7. The maximum absolute atomic E-state index is 11.1. The van der Waals surface area contributed by atoms with Crippen LogP contribution in [0.5, 0.6) is 0 Å². The fourth-order valence-corrected chi connectivity index (χ4v) is 2.58. The van der Waals surface area contributed by atoms with E-state index >= 15 is 0 Å². The highest BCUT2D eigenvalue weighted by Crippen LogP contribution is 2.34. The van der Waals surface area contributed by atoms with Gasteiger partial charge in [0.15, 0.2) is 0 Å². The van der Waals surface area contributed by atoms with Crippen molar-refractivity contribution in [2.75, 3.05) is 0 Å². The van der Waals surface area contributed by atoms with Crippen molar-refractivity contribution < 1.29 is 9.90 Å². The van der Waals surface area contributed by atoms with E-state index in [0.29, 0.717) is 10.7 Å². The topological polar surface area (TPSA) is 55.1 Å². The molecule has 3 rings (SSSR count). The van der Waals surface area contributed by atoms with Gasteiger partial charge in [-0.1, -0.05) is 17.7 Å². The number of carboxylic acid groups (broad SMARTS) is 1. The average Bonchev–Trinajstić information content (AvgIpc) is 2.78. The van der Waals surface area contributed by atoms with Crippen molar-refractivity contribution in [3.05, 3.63) is 53.3 Å². The molecule has 0 amide bonds. The minimum Gasteiger partial charge on any atom is -0.478 e. The monoisotopic (exact) mass is 286 g/mol. The zero-order valence-electron chi connectivity index (χ0n) is 10.7. The second-order valence-electron chi connectivity index (χ2n) is 4.52. The Morgan fingerprint density at radius 1 is 1.35 bits per heavy atom. The van der Waals surface area contributed by atoms with Gasteiger partial charge in [-0.2, -0.15) is 0 Å². The Kier molecular flexibility index (Phi) is 2.95. The first-order valence-electron chi connectivity index (χ1n) is 6.01. The maximum atomic E-state index is 11.1. The first-order chi connectivity index (χ1) is 9.58. The number of hydrogen-bond donors (Lipinski definition) is 1. The molecule has 0 aliphatic carbocycles. The van der Waals surface area contributed by atoms with Crippen molar-refractivity contribution in [2.45, 2.75) is 0 Å². The minimum absolute atomic E-state index is 0.207. The number of fused-ring (bicyclic) bond motifs is 1. The molecule has 0 radical (unpaired) electrons. The van der Waals surface area contributed by atoms with Gasteiger partial charge in [-0.3, -0.25) is 4.98 Å². The number of nitrogens with zero attached hydrogens (tertiary/aromatic N) is 2. The number of hydrogen-bond acceptors (Lipinski definition) is 2. The van der Waals surface area contributed by atoms with Gasteiger partial charge in [0.05, 0.1) is 16.3 Å². The molecule has 20 heavy (non-hydrogen) atoms. The molecular weight excluding hydrogens is 276 g/mol. The Hall–Kier alpha value is -2.33. The van der Waals surface area contributed by atoms with E-state index in [1.54, 1.807) is 6.07 Å². The van der Waals surface area contributed by atoms with Crippen LogP contribution < -0.4 is 0 Å². The number of benzene rings is 1. The Morgan fingerprint density at radius 3 is 2.90 bits per heavy atom. The van der Waals surface area contributed by atoms with E-state index in [2.05, 4.69) is 4.98 Å². The molecule has 100 valence electrons. The van der Waals surface area contributed by atoms with Crippen LogP contribution in [0.4, 0.5) is 0 Å². The van der Waals surface area contributed by atoms with Gasteiger partial charge in [0.25, 0.3) is 0 Å². The number of carbonyl (C=O) groups is 1. The number of aryl methyl sites for hydroxylation is 1. The highest BCUT2D eigenvalue weighted by molar-refractivity contribution is 6.36. The molecule has 0 aliphatic rings. The smallest absolute Gasteiger partial charge is 0.335 e. The van der Waals surface area contributed by atoms with Crippen LogP contribution in [0.15, 0.2) is 42.7 Å². The maximum Gasteiger partial charge on any atom is 0.335 e. The zero-order chi connectivity index (χ0) is 14.3. The average molecular weight is 287 g/mol. The van der Waals surface area contributed by atoms with Crippen LogP contribution in [0.2, 0.25) is 5.02 Å². The molecule has 0 fully saturated rings. The summed E-state index contributed by atoms with van der Waals surface area (Å²) in [7, 11) is 1.92. The van der Waals surface area contributed by atoms with Gasteiger partial charge in [0, 0.05) is 35.9 Å². The lowest BCUT2D eigenvalue weighted by molar-refractivity contribution is 0.0697. The summed E-state index contributed by atoms with van der Waals surface area (Å²) in [5.41, 5.74) is 2.62. The summed E-state index contributed by atoms with van der Waals surface area (Å²) < 4.78 is 1.95. The third kappa shape index (κ3) is 1.94. The van der Waals surface area contributed by atoms with Crippen LogP contribution in [0.1, 0.15) is 10.4 Å². The normalized spacial score (nSPS) is 10.9. The van der Waals surface area contributed by atoms with Crippen LogP contribution >= 0.6 is 11.6 Å². The highest BCUT2D eigenvalue weighted by Gasteiger charge is 2.14. The van der Waals surface area contributed by atoms with Crippen LogP contribution in [0, 0.1) is 0 Å². The third-order valence-corrected chi connectivity index (χ3v) is 3.56. The van der Waals surface area contributed by atoms with Gasteiger partial charge in [-0.25, -0.2) is 4.79 Å². The Balaban J connectivity index is 2.30. The second kappa shape index (κ2) is 4.65. The summed E-state index contributed by atoms with van der Waals surface area (Å²) in [6.07, 6.45) is 3.40. The number of carboxylic acids is 1. The van der Waals surface area contributed by atoms with Crippen molar-refractivity contribution in [1.82, 2.24) is 9.55 Å². The molecule has 3 aromatic rings. The molecule has 1 N–H and O–H groups in total. The molecule has 0 saturated carbocycles. The zero-order valence-corrected chi connectivity index (χ0v) is 11.4. The van der Waals surface area contributed by atoms with Gasteiger partial charge in [-0.05, 0) is 24.3 Å². The molecule has 0 saturated heterocycles. The molecular formula is C15H11ClN2O2. The van der Waals surface area contributed by atoms with E-state index in [0.717, 1.165) is 16.5 Å². The number of halogens is 1. The SMILES string of the molecule is Cn1cc(-c2cc(C(=O)O)ccn2)c2c(Cl)cccc21. The largest absolute Gasteiger partial charge is 0.478 e. The van der Waals surface area contributed by atoms with E-state index in [1.807, 2.05) is 36.0 Å². The lowest BCUT2D eigenvalue weighted by Gasteiger charge is -2.02. The molecule has 0 unspecified atom stereocenters. The number of aromatic nitrogens is 2. The molecule has 1 aromatic carbocycles. The standard InChI is InChI=1S/C15H11ClN2O2/c1-18-8-10(14-11(16)3-2-4-13(14)18)12-7-9(15(19)20)5-6-17-12/h2-8H,1H3,(H,19,20). The first-order valence-corrected chi connectivity index (χ1v) is 6.39. The van der Waals surface area contributed by atoms with Crippen molar-refractivity contribution in [3.8, 4) is 11.3 Å². The predicted octanol–water partition coefficient (Wildman–Crippen LogP) is 3.59. The fraction of sp³-hybridized carbons (Fsp3) is 0.0667. The Morgan fingerprint density at radius 2 is 2.15 bits per heavy atom. The molecule has 4 nitrogen and oxygen atoms in total. The fourth-order valence-electron chi connectivity index (χ4n) is 2.31. The summed E-state index contributed by atoms with van der Waals surface area (Å²) in [4.78, 5) is 15.3. The molecule has 0 spiro atoms. The van der Waals surface area contributed by atoms with Crippen LogP contribution in [0.25, 0.3) is 22.2 Å². The van der Waals surface area contributed by atoms with Crippen molar-refractivity contribution in [3.63, 3.8) is 0 Å². The molecule has 2 aromatic heterocycles. The van der Waals surface area contributed by atoms with Crippen molar-refractivity contribution in [1.29, 1.82) is 0 Å². The van der Waals surface area contributed by atoms with E-state index < -0.39 is 5.97 Å². The van der Waals surface area contributed by atoms with Gasteiger partial charge < -0.3 is 9.67 Å². The van der Waals surface area contributed by atoms with Gasteiger partial charge in [0.2, 0.25) is 0 Å². The van der Waals surface area contributed by atoms with E-state index in [-0.39, 0.29) is 5.56 Å². The number of aromatic carboxylic acids is 1. The van der Waals surface area contributed by atoms with Crippen molar-refractivity contribution >= 4 is 28.5 Å². The van der Waals surface area contributed by atoms with E-state index in [4.69, 9.17) is 16.7 Å². The van der Waals surface area contributed by atoms with Gasteiger partial charge in [0.1, 0.15) is 0 Å². The summed E-state index contributed by atoms with van der Waals surface area (Å²) in [5.74, 6) is -0.972. The molecule has 0 bridgehead atoms. The lowest BCUT2D eigenvalue weighted by Crippen LogP contribution is -1.97. The quantitative estimate of drug-likeness (QED) is 0.783. The molecule has 5 heteroatoms. The van der Waals surface area contributed by atoms with Crippen LogP contribution in [-0.4, -0.2) is 20.6 Å². The van der Waals surface area contributed by atoms with Crippen molar-refractivity contribution in [2.24, 2.45) is 7.05 Å². The summed E-state index contributed by atoms with van der Waals surface area (Å²) in [6.45, 7) is 0. The van der Waals surface area contributed by atoms with Crippen LogP contribution in [-0.2, 0) is 7.05 Å². The Labute approximate surface area is 120 Å². The third-order valence-electron chi connectivity index (χ3n) is 3.25. The summed E-state index contributed by atoms with van der Waals surface area (Å²) in [5, 5.41) is 10.6. The molecule has 0 atom stereocenters. The van der Waals surface area contributed by atoms with Crippen LogP contribution in [0.3, 0.4) is 0 Å². The highest BCUT2D eigenvalue weighted by atomic mass is 35.5. The second-order valence-corrected chi connectivity index (χ2v) is 4.93. The predicted molar refractivity (Wildman–Crippen MR) is 78.1 cm³/mol. The lowest BCUT2D eigenvalue weighted by atomic mass is 10.1. The van der Waals surface area contributed by atoms with E-state index in [1.165, 1.54) is 12.3 Å².